The number of ether oxygens (including phenoxy) is 2. The van der Waals surface area contributed by atoms with Crippen molar-refractivity contribution in [1.29, 1.82) is 0 Å². The number of rotatable bonds is 11. The van der Waals surface area contributed by atoms with Crippen LogP contribution in [0.2, 0.25) is 0 Å². The van der Waals surface area contributed by atoms with Crippen LogP contribution < -0.4 is 10.6 Å². The van der Waals surface area contributed by atoms with Crippen molar-refractivity contribution in [3.63, 3.8) is 0 Å². The fourth-order valence-electron chi connectivity index (χ4n) is 2.39. The van der Waals surface area contributed by atoms with Crippen LogP contribution in [0.3, 0.4) is 0 Å². The predicted molar refractivity (Wildman–Crippen MR) is 112 cm³/mol. The van der Waals surface area contributed by atoms with Crippen LogP contribution in [0.1, 0.15) is 33.1 Å². The van der Waals surface area contributed by atoms with Gasteiger partial charge < -0.3 is 25.0 Å². The van der Waals surface area contributed by atoms with Crippen molar-refractivity contribution in [3.8, 4) is 0 Å². The van der Waals surface area contributed by atoms with Crippen molar-refractivity contribution in [1.82, 2.24) is 15.5 Å². The van der Waals surface area contributed by atoms with Gasteiger partial charge in [0.05, 0.1) is 0 Å². The number of nitrogens with one attached hydrogen (secondary N) is 2. The molecule has 0 atom stereocenters. The Morgan fingerprint density at radius 1 is 1.25 bits per heavy atom. The van der Waals surface area contributed by atoms with E-state index in [2.05, 4.69) is 41.4 Å². The Bertz CT molecular complexity index is 313. The highest BCUT2D eigenvalue weighted by Gasteiger charge is 2.13. The van der Waals surface area contributed by atoms with E-state index in [4.69, 9.17) is 9.47 Å². The highest BCUT2D eigenvalue weighted by atomic mass is 127. The summed E-state index contributed by atoms with van der Waals surface area (Å²) in [6.07, 6.45) is 3.24. The third-order valence-electron chi connectivity index (χ3n) is 4.08. The smallest absolute Gasteiger partial charge is 0.191 e. The summed E-state index contributed by atoms with van der Waals surface area (Å²) in [5.41, 5.74) is 0. The minimum Gasteiger partial charge on any atom is -0.381 e. The molecule has 0 bridgehead atoms. The topological polar surface area (TPSA) is 58.1 Å². The molecule has 144 valence electrons. The normalized spacial score (nSPS) is 16.1. The highest BCUT2D eigenvalue weighted by Crippen LogP contribution is 2.14. The van der Waals surface area contributed by atoms with E-state index in [0.29, 0.717) is 5.92 Å². The van der Waals surface area contributed by atoms with Crippen LogP contribution in [-0.2, 0) is 9.47 Å². The van der Waals surface area contributed by atoms with E-state index < -0.39 is 0 Å². The average molecular weight is 456 g/mol. The van der Waals surface area contributed by atoms with Gasteiger partial charge in [0.15, 0.2) is 5.96 Å². The van der Waals surface area contributed by atoms with Crippen molar-refractivity contribution in [3.05, 3.63) is 0 Å². The number of nitrogens with zero attached hydrogens (tertiary/aromatic N) is 2. The lowest BCUT2D eigenvalue weighted by atomic mass is 10.0. The number of likely N-dealkylation sites (N-methyl/N-ethyl adjacent to an activating group) is 1. The molecule has 1 rings (SSSR count). The molecule has 0 unspecified atom stereocenters. The van der Waals surface area contributed by atoms with Crippen LogP contribution >= 0.6 is 24.0 Å². The first-order valence-electron chi connectivity index (χ1n) is 9.12. The summed E-state index contributed by atoms with van der Waals surface area (Å²) in [7, 11) is 2.13. The third kappa shape index (κ3) is 12.3. The summed E-state index contributed by atoms with van der Waals surface area (Å²) in [4.78, 5) is 6.87. The van der Waals surface area contributed by atoms with Gasteiger partial charge in [0.25, 0.3) is 0 Å². The van der Waals surface area contributed by atoms with Gasteiger partial charge in [0.1, 0.15) is 0 Å². The molecule has 0 radical (unpaired) electrons. The van der Waals surface area contributed by atoms with Crippen molar-refractivity contribution in [2.45, 2.75) is 33.1 Å². The molecule has 0 aromatic rings. The third-order valence-corrected chi connectivity index (χ3v) is 4.08. The molecule has 0 aromatic heterocycles. The predicted octanol–water partition coefficient (Wildman–Crippen LogP) is 1.94. The van der Waals surface area contributed by atoms with E-state index in [9.17, 15) is 0 Å². The maximum absolute atomic E-state index is 5.77. The van der Waals surface area contributed by atoms with Crippen LogP contribution in [0.5, 0.6) is 0 Å². The molecule has 1 aliphatic rings. The maximum atomic E-state index is 5.77. The van der Waals surface area contributed by atoms with E-state index in [1.54, 1.807) is 0 Å². The van der Waals surface area contributed by atoms with E-state index in [1.165, 1.54) is 0 Å². The molecule has 0 saturated carbocycles. The van der Waals surface area contributed by atoms with Gasteiger partial charge in [-0.25, -0.2) is 0 Å². The Morgan fingerprint density at radius 3 is 2.67 bits per heavy atom. The number of guanidine groups is 1. The Morgan fingerprint density at radius 2 is 2.00 bits per heavy atom. The second-order valence-corrected chi connectivity index (χ2v) is 6.07. The highest BCUT2D eigenvalue weighted by molar-refractivity contribution is 14.0. The Kier molecular flexibility index (Phi) is 16.3. The molecule has 0 amide bonds. The molecule has 1 saturated heterocycles. The fraction of sp³-hybridized carbons (Fsp3) is 0.941. The van der Waals surface area contributed by atoms with Gasteiger partial charge in [-0.15, -0.1) is 24.0 Å². The summed E-state index contributed by atoms with van der Waals surface area (Å²) in [6, 6.07) is 0. The van der Waals surface area contributed by atoms with Gasteiger partial charge in [-0.05, 0) is 45.7 Å². The monoisotopic (exact) mass is 456 g/mol. The van der Waals surface area contributed by atoms with Gasteiger partial charge in [0.2, 0.25) is 0 Å². The van der Waals surface area contributed by atoms with Crippen LogP contribution in [0.4, 0.5) is 0 Å². The molecule has 24 heavy (non-hydrogen) atoms. The number of hydrogen-bond acceptors (Lipinski definition) is 4. The van der Waals surface area contributed by atoms with E-state index in [0.717, 1.165) is 84.4 Å². The standard InChI is InChI=1S/C17H36N4O2.HI/c1-4-18-17(20-10-11-21(3)5-2)19-9-6-12-23-15-16-7-13-22-14-8-16;/h16H,4-15H2,1-3H3,(H2,18,19,20);1H. The first-order chi connectivity index (χ1) is 11.3. The Hall–Kier alpha value is -0.120. The van der Waals surface area contributed by atoms with Crippen molar-refractivity contribution in [2.75, 3.05) is 66.2 Å². The summed E-state index contributed by atoms with van der Waals surface area (Å²) in [5, 5.41) is 6.65. The quantitative estimate of drug-likeness (QED) is 0.216. The zero-order valence-electron chi connectivity index (χ0n) is 15.7. The van der Waals surface area contributed by atoms with Crippen molar-refractivity contribution < 1.29 is 9.47 Å². The van der Waals surface area contributed by atoms with Gasteiger partial charge >= 0.3 is 0 Å². The summed E-state index contributed by atoms with van der Waals surface area (Å²) in [6.45, 7) is 12.4. The average Bonchev–Trinajstić information content (AvgIpc) is 2.58. The summed E-state index contributed by atoms with van der Waals surface area (Å²) >= 11 is 0. The van der Waals surface area contributed by atoms with Crippen LogP contribution in [-0.4, -0.2) is 77.1 Å². The molecule has 1 fully saturated rings. The Labute approximate surface area is 165 Å². The van der Waals surface area contributed by atoms with E-state index in [1.807, 2.05) is 0 Å². The van der Waals surface area contributed by atoms with Gasteiger partial charge in [-0.3, -0.25) is 4.99 Å². The van der Waals surface area contributed by atoms with Gasteiger partial charge in [-0.1, -0.05) is 6.92 Å². The van der Waals surface area contributed by atoms with Gasteiger partial charge in [-0.2, -0.15) is 0 Å². The Balaban J connectivity index is 0.00000529. The van der Waals surface area contributed by atoms with Crippen molar-refractivity contribution in [2.24, 2.45) is 10.9 Å². The SMILES string of the molecule is CCNC(=NCCCOCC1CCOCC1)NCCN(C)CC.I. The molecule has 7 heteroatoms. The first kappa shape index (κ1) is 23.9. The minimum absolute atomic E-state index is 0. The molecule has 2 N–H and O–H groups in total. The number of hydrogen-bond donors (Lipinski definition) is 2. The van der Waals surface area contributed by atoms with E-state index >= 15 is 0 Å². The molecule has 0 aliphatic carbocycles. The fourth-order valence-corrected chi connectivity index (χ4v) is 2.39. The lowest BCUT2D eigenvalue weighted by Gasteiger charge is -2.21. The minimum atomic E-state index is 0. The zero-order valence-corrected chi connectivity index (χ0v) is 18.0. The second kappa shape index (κ2) is 16.4. The van der Waals surface area contributed by atoms with Crippen LogP contribution in [0, 0.1) is 5.92 Å². The van der Waals surface area contributed by atoms with Gasteiger partial charge in [0, 0.05) is 52.6 Å². The van der Waals surface area contributed by atoms with Crippen molar-refractivity contribution >= 4 is 29.9 Å². The largest absolute Gasteiger partial charge is 0.381 e. The maximum Gasteiger partial charge on any atom is 0.191 e. The summed E-state index contributed by atoms with van der Waals surface area (Å²) in [5.74, 6) is 1.59. The molecular weight excluding hydrogens is 419 g/mol. The number of halogens is 1. The lowest BCUT2D eigenvalue weighted by molar-refractivity contribution is 0.0205. The number of aliphatic imine (C=N–C) groups is 1. The lowest BCUT2D eigenvalue weighted by Crippen LogP contribution is -2.41. The molecule has 0 aromatic carbocycles. The van der Waals surface area contributed by atoms with E-state index in [-0.39, 0.29) is 24.0 Å². The molecule has 1 heterocycles. The molecule has 0 spiro atoms. The second-order valence-electron chi connectivity index (χ2n) is 6.07. The van der Waals surface area contributed by atoms with Crippen LogP contribution in [0.25, 0.3) is 0 Å². The molecular formula is C17H37IN4O2. The summed E-state index contributed by atoms with van der Waals surface area (Å²) < 4.78 is 11.1. The molecule has 6 nitrogen and oxygen atoms in total. The van der Waals surface area contributed by atoms with Crippen LogP contribution in [0.15, 0.2) is 4.99 Å². The molecule has 1 aliphatic heterocycles. The first-order valence-corrected chi connectivity index (χ1v) is 9.12. The zero-order chi connectivity index (χ0) is 16.8.